The topological polar surface area (TPSA) is 19.4 Å². The highest BCUT2D eigenvalue weighted by molar-refractivity contribution is 7.09. The van der Waals surface area contributed by atoms with Crippen LogP contribution in [-0.4, -0.2) is 47.0 Å². The zero-order valence-corrected chi connectivity index (χ0v) is 12.1. The van der Waals surface area contributed by atoms with Gasteiger partial charge in [-0.15, -0.1) is 22.9 Å². The molecule has 0 aromatic carbocycles. The zero-order valence-electron chi connectivity index (χ0n) is 10.5. The van der Waals surface area contributed by atoms with Gasteiger partial charge in [0.25, 0.3) is 0 Å². The molecule has 2 heterocycles. The van der Waals surface area contributed by atoms with E-state index in [9.17, 15) is 0 Å². The molecule has 1 fully saturated rings. The number of hydrogen-bond donors (Lipinski definition) is 0. The Morgan fingerprint density at radius 1 is 1.53 bits per heavy atom. The predicted octanol–water partition coefficient (Wildman–Crippen LogP) is 2.41. The first kappa shape index (κ1) is 13.3. The Bertz CT molecular complexity index is 355. The third-order valence-electron chi connectivity index (χ3n) is 3.35. The number of rotatable bonds is 4. The highest BCUT2D eigenvalue weighted by atomic mass is 35.5. The number of thiazole rings is 1. The first-order chi connectivity index (χ1) is 8.22. The predicted molar refractivity (Wildman–Crippen MR) is 73.7 cm³/mol. The minimum absolute atomic E-state index is 0.524. The fraction of sp³-hybridized carbons (Fsp3) is 0.750. The average Bonchev–Trinajstić information content (AvgIpc) is 2.77. The standard InChI is InChI=1S/C12H20ClN3S/c1-3-16-5-4-15(7-10(16)2)8-12-14-11(6-13)9-17-12/h9-10H,3-8H2,1-2H3. The Kier molecular flexibility index (Phi) is 4.79. The second-order valence-corrected chi connectivity index (χ2v) is 5.79. The van der Waals surface area contributed by atoms with Crippen LogP contribution >= 0.6 is 22.9 Å². The van der Waals surface area contributed by atoms with Gasteiger partial charge < -0.3 is 0 Å². The molecule has 17 heavy (non-hydrogen) atoms. The van der Waals surface area contributed by atoms with Crippen LogP contribution in [0, 0.1) is 0 Å². The molecule has 5 heteroatoms. The van der Waals surface area contributed by atoms with Crippen LogP contribution in [0.25, 0.3) is 0 Å². The maximum absolute atomic E-state index is 5.77. The van der Waals surface area contributed by atoms with Crippen LogP contribution in [0.4, 0.5) is 0 Å². The molecule has 1 saturated heterocycles. The third-order valence-corrected chi connectivity index (χ3v) is 4.51. The number of aromatic nitrogens is 1. The molecule has 1 atom stereocenters. The van der Waals surface area contributed by atoms with Gasteiger partial charge in [0.05, 0.1) is 18.1 Å². The largest absolute Gasteiger partial charge is 0.298 e. The van der Waals surface area contributed by atoms with Gasteiger partial charge in [-0.25, -0.2) is 4.98 Å². The van der Waals surface area contributed by atoms with Gasteiger partial charge in [-0.3, -0.25) is 9.80 Å². The molecule has 1 aromatic heterocycles. The van der Waals surface area contributed by atoms with Crippen LogP contribution in [0.15, 0.2) is 5.38 Å². The van der Waals surface area contributed by atoms with Gasteiger partial charge >= 0.3 is 0 Å². The van der Waals surface area contributed by atoms with Crippen molar-refractivity contribution in [1.29, 1.82) is 0 Å². The second-order valence-electron chi connectivity index (χ2n) is 4.58. The van der Waals surface area contributed by atoms with Crippen molar-refractivity contribution in [2.45, 2.75) is 32.3 Å². The summed E-state index contributed by atoms with van der Waals surface area (Å²) < 4.78 is 0. The maximum atomic E-state index is 5.77. The quantitative estimate of drug-likeness (QED) is 0.786. The molecule has 2 rings (SSSR count). The van der Waals surface area contributed by atoms with E-state index < -0.39 is 0 Å². The van der Waals surface area contributed by atoms with Gasteiger partial charge in [0.2, 0.25) is 0 Å². The Balaban J connectivity index is 1.88. The number of alkyl halides is 1. The fourth-order valence-corrected chi connectivity index (χ4v) is 3.42. The van der Waals surface area contributed by atoms with E-state index in [0.717, 1.165) is 31.9 Å². The molecular formula is C12H20ClN3S. The maximum Gasteiger partial charge on any atom is 0.107 e. The van der Waals surface area contributed by atoms with Crippen LogP contribution in [0.1, 0.15) is 24.5 Å². The summed E-state index contributed by atoms with van der Waals surface area (Å²) in [5.74, 6) is 0.524. The first-order valence-corrected chi connectivity index (χ1v) is 7.60. The van der Waals surface area contributed by atoms with E-state index in [4.69, 9.17) is 11.6 Å². The van der Waals surface area contributed by atoms with Crippen LogP contribution in [0.2, 0.25) is 0 Å². The van der Waals surface area contributed by atoms with Crippen molar-refractivity contribution in [3.8, 4) is 0 Å². The normalized spacial score (nSPS) is 23.1. The van der Waals surface area contributed by atoms with E-state index in [1.807, 2.05) is 0 Å². The van der Waals surface area contributed by atoms with Gasteiger partial charge in [0, 0.05) is 31.1 Å². The monoisotopic (exact) mass is 273 g/mol. The Labute approximate surface area is 112 Å². The van der Waals surface area contributed by atoms with E-state index in [2.05, 4.69) is 34.0 Å². The van der Waals surface area contributed by atoms with Gasteiger partial charge in [-0.1, -0.05) is 6.92 Å². The van der Waals surface area contributed by atoms with E-state index >= 15 is 0 Å². The number of piperazine rings is 1. The van der Waals surface area contributed by atoms with Crippen LogP contribution < -0.4 is 0 Å². The van der Waals surface area contributed by atoms with E-state index in [1.165, 1.54) is 11.6 Å². The lowest BCUT2D eigenvalue weighted by molar-refractivity contribution is 0.0834. The molecule has 0 aliphatic carbocycles. The van der Waals surface area contributed by atoms with Crippen molar-refractivity contribution in [1.82, 2.24) is 14.8 Å². The Morgan fingerprint density at radius 3 is 2.94 bits per heavy atom. The third kappa shape index (κ3) is 3.41. The molecule has 0 radical (unpaired) electrons. The summed E-state index contributed by atoms with van der Waals surface area (Å²) in [6.45, 7) is 10.1. The molecule has 1 unspecified atom stereocenters. The molecule has 1 aromatic rings. The van der Waals surface area contributed by atoms with Crippen molar-refractivity contribution in [2.75, 3.05) is 26.2 Å². The molecule has 0 spiro atoms. The van der Waals surface area contributed by atoms with Crippen molar-refractivity contribution in [3.05, 3.63) is 16.1 Å². The van der Waals surface area contributed by atoms with Crippen LogP contribution in [-0.2, 0) is 12.4 Å². The van der Waals surface area contributed by atoms with E-state index in [0.29, 0.717) is 11.9 Å². The lowest BCUT2D eigenvalue weighted by atomic mass is 10.2. The highest BCUT2D eigenvalue weighted by Gasteiger charge is 2.22. The summed E-state index contributed by atoms with van der Waals surface area (Å²) in [7, 11) is 0. The van der Waals surface area contributed by atoms with Gasteiger partial charge in [-0.2, -0.15) is 0 Å². The van der Waals surface area contributed by atoms with Crippen LogP contribution in [0.3, 0.4) is 0 Å². The molecule has 1 aliphatic heterocycles. The first-order valence-electron chi connectivity index (χ1n) is 6.18. The van der Waals surface area contributed by atoms with Crippen molar-refractivity contribution < 1.29 is 0 Å². The Hall–Kier alpha value is -0.160. The summed E-state index contributed by atoms with van der Waals surface area (Å²) >= 11 is 7.49. The second kappa shape index (κ2) is 6.14. The van der Waals surface area contributed by atoms with Crippen molar-refractivity contribution in [3.63, 3.8) is 0 Å². The number of nitrogens with zero attached hydrogens (tertiary/aromatic N) is 3. The van der Waals surface area contributed by atoms with Crippen LogP contribution in [0.5, 0.6) is 0 Å². The SMILES string of the molecule is CCN1CCN(Cc2nc(CCl)cs2)CC1C. The molecule has 0 bridgehead atoms. The molecule has 96 valence electrons. The van der Waals surface area contributed by atoms with Gasteiger partial charge in [0.1, 0.15) is 5.01 Å². The molecule has 0 saturated carbocycles. The molecular weight excluding hydrogens is 254 g/mol. The lowest BCUT2D eigenvalue weighted by Crippen LogP contribution is -2.51. The zero-order chi connectivity index (χ0) is 12.3. The minimum Gasteiger partial charge on any atom is -0.298 e. The summed E-state index contributed by atoms with van der Waals surface area (Å²) in [6, 6.07) is 0.654. The summed E-state index contributed by atoms with van der Waals surface area (Å²) in [5.41, 5.74) is 1.01. The summed E-state index contributed by atoms with van der Waals surface area (Å²) in [4.78, 5) is 9.54. The smallest absolute Gasteiger partial charge is 0.107 e. The van der Waals surface area contributed by atoms with Crippen molar-refractivity contribution >= 4 is 22.9 Å². The molecule has 0 N–H and O–H groups in total. The Morgan fingerprint density at radius 2 is 2.35 bits per heavy atom. The van der Waals surface area contributed by atoms with Gasteiger partial charge in [-0.05, 0) is 13.5 Å². The van der Waals surface area contributed by atoms with E-state index in [-0.39, 0.29) is 0 Å². The number of likely N-dealkylation sites (N-methyl/N-ethyl adjacent to an activating group) is 1. The summed E-state index contributed by atoms with van der Waals surface area (Å²) in [6.07, 6.45) is 0. The van der Waals surface area contributed by atoms with E-state index in [1.54, 1.807) is 11.3 Å². The lowest BCUT2D eigenvalue weighted by Gasteiger charge is -2.38. The molecule has 1 aliphatic rings. The number of halogens is 1. The number of hydrogen-bond acceptors (Lipinski definition) is 4. The summed E-state index contributed by atoms with van der Waals surface area (Å²) in [5, 5.41) is 3.26. The fourth-order valence-electron chi connectivity index (χ4n) is 2.36. The molecule has 0 amide bonds. The van der Waals surface area contributed by atoms with Crippen molar-refractivity contribution in [2.24, 2.45) is 0 Å². The average molecular weight is 274 g/mol. The minimum atomic E-state index is 0.524. The molecule has 3 nitrogen and oxygen atoms in total. The van der Waals surface area contributed by atoms with Gasteiger partial charge in [0.15, 0.2) is 0 Å². The highest BCUT2D eigenvalue weighted by Crippen LogP contribution is 2.16.